The molecule has 0 fully saturated rings. The highest BCUT2D eigenvalue weighted by molar-refractivity contribution is 6.06. The van der Waals surface area contributed by atoms with Crippen LogP contribution in [0.15, 0.2) is 36.4 Å². The van der Waals surface area contributed by atoms with Gasteiger partial charge in [-0.2, -0.15) is 5.26 Å². The maximum Gasteiger partial charge on any atom is 0.255 e. The second-order valence-electron chi connectivity index (χ2n) is 4.55. The largest absolute Gasteiger partial charge is 0.496 e. The Balaban J connectivity index is 2.24. The maximum atomic E-state index is 12.2. The number of aryl methyl sites for hydroxylation is 1. The van der Waals surface area contributed by atoms with Gasteiger partial charge in [0.25, 0.3) is 5.91 Å². The summed E-state index contributed by atoms with van der Waals surface area (Å²) in [7, 11) is 1.56. The number of hydrogen-bond acceptors (Lipinski definition) is 4. The Hall–Kier alpha value is -3.00. The molecule has 0 bridgehead atoms. The van der Waals surface area contributed by atoms with E-state index < -0.39 is 0 Å². The Morgan fingerprint density at radius 2 is 2.05 bits per heavy atom. The fraction of sp³-hybridized carbons (Fsp3) is 0.125. The first-order valence-electron chi connectivity index (χ1n) is 6.30. The van der Waals surface area contributed by atoms with Gasteiger partial charge in [-0.15, -0.1) is 0 Å². The molecule has 3 N–H and O–H groups in total. The molecule has 21 heavy (non-hydrogen) atoms. The average molecular weight is 281 g/mol. The molecule has 106 valence electrons. The van der Waals surface area contributed by atoms with E-state index in [9.17, 15) is 4.79 Å². The standard InChI is InChI=1S/C16H15N3O2/c1-10-3-5-12(8-15(10)21-2)16(20)19-14-6-4-11(9-17)7-13(14)18/h3-8H,18H2,1-2H3,(H,19,20). The smallest absolute Gasteiger partial charge is 0.255 e. The van der Waals surface area contributed by atoms with Crippen molar-refractivity contribution in [2.75, 3.05) is 18.2 Å². The third kappa shape index (κ3) is 3.12. The molecule has 0 aliphatic carbocycles. The third-order valence-corrected chi connectivity index (χ3v) is 3.10. The predicted octanol–water partition coefficient (Wildman–Crippen LogP) is 2.71. The molecule has 0 saturated heterocycles. The summed E-state index contributed by atoms with van der Waals surface area (Å²) in [5.41, 5.74) is 8.50. The van der Waals surface area contributed by atoms with Crippen LogP contribution in [0.2, 0.25) is 0 Å². The summed E-state index contributed by atoms with van der Waals surface area (Å²) in [5.74, 6) is 0.361. The van der Waals surface area contributed by atoms with Crippen molar-refractivity contribution >= 4 is 17.3 Å². The number of carbonyl (C=O) groups excluding carboxylic acids is 1. The van der Waals surface area contributed by atoms with Gasteiger partial charge in [0.05, 0.1) is 30.1 Å². The molecule has 0 aliphatic heterocycles. The van der Waals surface area contributed by atoms with Crippen LogP contribution >= 0.6 is 0 Å². The number of nitriles is 1. The van der Waals surface area contributed by atoms with E-state index in [1.165, 1.54) is 6.07 Å². The molecule has 2 aromatic carbocycles. The van der Waals surface area contributed by atoms with Gasteiger partial charge in [-0.25, -0.2) is 0 Å². The van der Waals surface area contributed by atoms with Gasteiger partial charge in [-0.3, -0.25) is 4.79 Å². The molecule has 0 aliphatic rings. The number of nitrogens with two attached hydrogens (primary N) is 1. The van der Waals surface area contributed by atoms with Crippen molar-refractivity contribution in [2.24, 2.45) is 0 Å². The van der Waals surface area contributed by atoms with Gasteiger partial charge in [0, 0.05) is 5.56 Å². The summed E-state index contributed by atoms with van der Waals surface area (Å²) >= 11 is 0. The highest BCUT2D eigenvalue weighted by Crippen LogP contribution is 2.22. The molecule has 0 saturated carbocycles. The van der Waals surface area contributed by atoms with E-state index in [4.69, 9.17) is 15.7 Å². The number of nitrogens with zero attached hydrogens (tertiary/aromatic N) is 1. The van der Waals surface area contributed by atoms with Crippen LogP contribution in [0.3, 0.4) is 0 Å². The van der Waals surface area contributed by atoms with Gasteiger partial charge in [0.2, 0.25) is 0 Å². The predicted molar refractivity (Wildman–Crippen MR) is 81.3 cm³/mol. The molecule has 0 spiro atoms. The Morgan fingerprint density at radius 1 is 1.29 bits per heavy atom. The van der Waals surface area contributed by atoms with Crippen LogP contribution in [0.5, 0.6) is 5.75 Å². The van der Waals surface area contributed by atoms with Crippen LogP contribution in [-0.4, -0.2) is 13.0 Å². The number of amides is 1. The molecule has 0 unspecified atom stereocenters. The summed E-state index contributed by atoms with van der Waals surface area (Å²) in [4.78, 5) is 12.2. The number of ether oxygens (including phenoxy) is 1. The van der Waals surface area contributed by atoms with Crippen molar-refractivity contribution < 1.29 is 9.53 Å². The Morgan fingerprint density at radius 3 is 2.67 bits per heavy atom. The minimum absolute atomic E-state index is 0.287. The van der Waals surface area contributed by atoms with E-state index in [0.29, 0.717) is 28.3 Å². The van der Waals surface area contributed by atoms with Gasteiger partial charge in [0.15, 0.2) is 0 Å². The summed E-state index contributed by atoms with van der Waals surface area (Å²) in [5, 5.41) is 11.5. The fourth-order valence-corrected chi connectivity index (χ4v) is 1.90. The molecular formula is C16H15N3O2. The van der Waals surface area contributed by atoms with E-state index in [2.05, 4.69) is 5.32 Å². The van der Waals surface area contributed by atoms with Crippen molar-refractivity contribution in [1.29, 1.82) is 5.26 Å². The highest BCUT2D eigenvalue weighted by atomic mass is 16.5. The van der Waals surface area contributed by atoms with Crippen LogP contribution in [-0.2, 0) is 0 Å². The summed E-state index contributed by atoms with van der Waals surface area (Å²) in [6, 6.07) is 11.9. The van der Waals surface area contributed by atoms with Gasteiger partial charge in [-0.05, 0) is 42.8 Å². The average Bonchev–Trinajstić information content (AvgIpc) is 2.49. The van der Waals surface area contributed by atoms with Crippen LogP contribution in [0.4, 0.5) is 11.4 Å². The van der Waals surface area contributed by atoms with Crippen molar-refractivity contribution in [1.82, 2.24) is 0 Å². The molecule has 0 atom stereocenters. The monoisotopic (exact) mass is 281 g/mol. The Labute approximate surface area is 123 Å². The minimum atomic E-state index is -0.287. The van der Waals surface area contributed by atoms with Gasteiger partial charge >= 0.3 is 0 Å². The maximum absolute atomic E-state index is 12.2. The van der Waals surface area contributed by atoms with E-state index in [-0.39, 0.29) is 5.91 Å². The third-order valence-electron chi connectivity index (χ3n) is 3.10. The number of hydrogen-bond donors (Lipinski definition) is 2. The zero-order chi connectivity index (χ0) is 15.4. The number of methoxy groups -OCH3 is 1. The van der Waals surface area contributed by atoms with Crippen molar-refractivity contribution in [3.05, 3.63) is 53.1 Å². The van der Waals surface area contributed by atoms with Crippen LogP contribution in [0.25, 0.3) is 0 Å². The second kappa shape index (κ2) is 5.97. The van der Waals surface area contributed by atoms with Crippen molar-refractivity contribution in [3.8, 4) is 11.8 Å². The Bertz CT molecular complexity index is 733. The first kappa shape index (κ1) is 14.4. The Kier molecular flexibility index (Phi) is 4.10. The summed E-state index contributed by atoms with van der Waals surface area (Å²) in [6.45, 7) is 1.90. The molecule has 0 heterocycles. The lowest BCUT2D eigenvalue weighted by molar-refractivity contribution is 0.102. The van der Waals surface area contributed by atoms with E-state index in [1.54, 1.807) is 31.4 Å². The number of benzene rings is 2. The zero-order valence-electron chi connectivity index (χ0n) is 11.8. The van der Waals surface area contributed by atoms with E-state index in [0.717, 1.165) is 5.56 Å². The molecule has 1 amide bonds. The molecule has 5 heteroatoms. The first-order valence-corrected chi connectivity index (χ1v) is 6.30. The van der Waals surface area contributed by atoms with Crippen LogP contribution in [0.1, 0.15) is 21.5 Å². The number of nitrogens with one attached hydrogen (secondary N) is 1. The molecule has 2 rings (SSSR count). The number of anilines is 2. The second-order valence-corrected chi connectivity index (χ2v) is 4.55. The van der Waals surface area contributed by atoms with Gasteiger partial charge in [-0.1, -0.05) is 6.07 Å². The lowest BCUT2D eigenvalue weighted by atomic mass is 10.1. The highest BCUT2D eigenvalue weighted by Gasteiger charge is 2.10. The van der Waals surface area contributed by atoms with Gasteiger partial charge in [0.1, 0.15) is 5.75 Å². The molecule has 0 radical (unpaired) electrons. The normalized spacial score (nSPS) is 9.76. The van der Waals surface area contributed by atoms with Crippen LogP contribution < -0.4 is 15.8 Å². The molecule has 0 aromatic heterocycles. The quantitative estimate of drug-likeness (QED) is 0.847. The van der Waals surface area contributed by atoms with Crippen molar-refractivity contribution in [2.45, 2.75) is 6.92 Å². The van der Waals surface area contributed by atoms with E-state index >= 15 is 0 Å². The number of carbonyl (C=O) groups is 1. The SMILES string of the molecule is COc1cc(C(=O)Nc2ccc(C#N)cc2N)ccc1C. The molecular weight excluding hydrogens is 266 g/mol. The summed E-state index contributed by atoms with van der Waals surface area (Å²) < 4.78 is 5.20. The lowest BCUT2D eigenvalue weighted by Crippen LogP contribution is -2.13. The van der Waals surface area contributed by atoms with E-state index in [1.807, 2.05) is 19.1 Å². The summed E-state index contributed by atoms with van der Waals surface area (Å²) in [6.07, 6.45) is 0. The first-order chi connectivity index (χ1) is 10.0. The number of nitrogen functional groups attached to an aromatic ring is 1. The molecule has 5 nitrogen and oxygen atoms in total. The van der Waals surface area contributed by atoms with Gasteiger partial charge < -0.3 is 15.8 Å². The van der Waals surface area contributed by atoms with Crippen LogP contribution in [0, 0.1) is 18.3 Å². The van der Waals surface area contributed by atoms with Crippen molar-refractivity contribution in [3.63, 3.8) is 0 Å². The molecule has 2 aromatic rings. The topological polar surface area (TPSA) is 88.1 Å². The minimum Gasteiger partial charge on any atom is -0.496 e. The fourth-order valence-electron chi connectivity index (χ4n) is 1.90. The lowest BCUT2D eigenvalue weighted by Gasteiger charge is -2.10. The zero-order valence-corrected chi connectivity index (χ0v) is 11.8. The number of rotatable bonds is 3.